The third kappa shape index (κ3) is 5.43. The van der Waals surface area contributed by atoms with Gasteiger partial charge in [0, 0.05) is 12.7 Å². The van der Waals surface area contributed by atoms with Crippen molar-refractivity contribution < 1.29 is 9.53 Å². The van der Waals surface area contributed by atoms with Crippen molar-refractivity contribution in [3.8, 4) is 12.1 Å². The second kappa shape index (κ2) is 10.4. The molecule has 1 aliphatic carbocycles. The molecule has 0 saturated carbocycles. The summed E-state index contributed by atoms with van der Waals surface area (Å²) >= 11 is 0. The predicted molar refractivity (Wildman–Crippen MR) is 148 cm³/mol. The summed E-state index contributed by atoms with van der Waals surface area (Å²) in [7, 11) is 0. The topological polar surface area (TPSA) is 114 Å². The average molecular weight is 521 g/mol. The molecule has 3 aromatic rings. The van der Waals surface area contributed by atoms with Gasteiger partial charge in [-0.1, -0.05) is 24.3 Å². The molecule has 2 aromatic carbocycles. The summed E-state index contributed by atoms with van der Waals surface area (Å²) in [4.78, 5) is 20.9. The number of benzene rings is 2. The number of hydrogen-bond acceptors (Lipinski definition) is 8. The van der Waals surface area contributed by atoms with Crippen LogP contribution in [0, 0.1) is 22.7 Å². The molecule has 5 rings (SSSR count). The monoisotopic (exact) mass is 520 g/mol. The minimum absolute atomic E-state index is 0.0799. The van der Waals surface area contributed by atoms with Gasteiger partial charge in [0.05, 0.1) is 52.9 Å². The Morgan fingerprint density at radius 3 is 2.51 bits per heavy atom. The Bertz CT molecular complexity index is 1450. The van der Waals surface area contributed by atoms with Crippen molar-refractivity contribution in [3.63, 3.8) is 0 Å². The first-order chi connectivity index (χ1) is 18.7. The lowest BCUT2D eigenvalue weighted by molar-refractivity contribution is -0.160. The maximum atomic E-state index is 13.9. The molecule has 1 aromatic heterocycles. The summed E-state index contributed by atoms with van der Waals surface area (Å²) in [5.74, 6) is -0.409. The maximum Gasteiger partial charge on any atom is 0.354 e. The first-order valence-electron chi connectivity index (χ1n) is 13.2. The van der Waals surface area contributed by atoms with Crippen LogP contribution in [0.15, 0.2) is 60.8 Å². The molecule has 8 nitrogen and oxygen atoms in total. The van der Waals surface area contributed by atoms with Gasteiger partial charge in [-0.3, -0.25) is 9.88 Å². The number of ether oxygens (including phenoxy) is 1. The number of aryl methyl sites for hydroxylation is 1. The van der Waals surface area contributed by atoms with Crippen LogP contribution in [0.25, 0.3) is 0 Å². The Morgan fingerprint density at radius 2 is 1.85 bits per heavy atom. The molecule has 0 radical (unpaired) electrons. The highest BCUT2D eigenvalue weighted by Gasteiger charge is 2.49. The van der Waals surface area contributed by atoms with E-state index in [2.05, 4.69) is 33.7 Å². The fourth-order valence-corrected chi connectivity index (χ4v) is 5.43. The number of aromatic nitrogens is 1. The van der Waals surface area contributed by atoms with Crippen molar-refractivity contribution in [1.82, 2.24) is 9.88 Å². The first kappa shape index (κ1) is 26.2. The van der Waals surface area contributed by atoms with Gasteiger partial charge >= 0.3 is 5.97 Å². The smallest absolute Gasteiger partial charge is 0.354 e. The SMILES string of the molecule is CC(C)(C)OC(=O)C1(CN(Cc2ccc(C#N)cc2C#N)C2CCCc3cccnc32)Nc2ccccc2N1. The van der Waals surface area contributed by atoms with Crippen LogP contribution < -0.4 is 10.6 Å². The Morgan fingerprint density at radius 1 is 1.10 bits per heavy atom. The number of rotatable bonds is 6. The van der Waals surface area contributed by atoms with Gasteiger partial charge in [0.15, 0.2) is 0 Å². The van der Waals surface area contributed by atoms with Gasteiger partial charge in [0.25, 0.3) is 0 Å². The molecular weight excluding hydrogens is 488 g/mol. The molecule has 1 aliphatic heterocycles. The van der Waals surface area contributed by atoms with E-state index < -0.39 is 17.2 Å². The summed E-state index contributed by atoms with van der Waals surface area (Å²) in [5.41, 5.74) is 3.55. The lowest BCUT2D eigenvalue weighted by atomic mass is 9.89. The number of hydrogen-bond donors (Lipinski definition) is 2. The van der Waals surface area contributed by atoms with E-state index in [0.29, 0.717) is 17.7 Å². The van der Waals surface area contributed by atoms with Crippen LogP contribution in [0.5, 0.6) is 0 Å². The molecule has 0 bridgehead atoms. The van der Waals surface area contributed by atoms with Crippen molar-refractivity contribution in [2.24, 2.45) is 0 Å². The van der Waals surface area contributed by atoms with Gasteiger partial charge < -0.3 is 15.4 Å². The Hall–Kier alpha value is -4.40. The van der Waals surface area contributed by atoms with Crippen LogP contribution in [-0.4, -0.2) is 33.7 Å². The number of para-hydroxylation sites is 2. The van der Waals surface area contributed by atoms with Gasteiger partial charge in [0.1, 0.15) is 5.60 Å². The van der Waals surface area contributed by atoms with Crippen molar-refractivity contribution >= 4 is 17.3 Å². The maximum absolute atomic E-state index is 13.9. The number of carbonyl (C=O) groups excluding carboxylic acids is 1. The standard InChI is InChI=1S/C31H32N6O2/c1-30(2,3)39-29(38)31(35-25-10-4-5-11-26(25)36-31)20-37(19-23-14-13-21(17-32)16-24(23)18-33)27-12-6-8-22-9-7-15-34-28(22)27/h4-5,7,9-11,13-16,27,35-36H,6,8,12,19-20H2,1-3H3. The molecule has 0 fully saturated rings. The minimum atomic E-state index is -1.26. The second-order valence-corrected chi connectivity index (χ2v) is 11.2. The summed E-state index contributed by atoms with van der Waals surface area (Å²) in [6.07, 6.45) is 4.61. The van der Waals surface area contributed by atoms with Crippen LogP contribution in [-0.2, 0) is 22.5 Å². The van der Waals surface area contributed by atoms with Crippen molar-refractivity contribution in [3.05, 3.63) is 88.7 Å². The molecule has 2 heterocycles. The zero-order valence-electron chi connectivity index (χ0n) is 22.5. The molecule has 39 heavy (non-hydrogen) atoms. The summed E-state index contributed by atoms with van der Waals surface area (Å²) < 4.78 is 5.94. The number of nitrogens with one attached hydrogen (secondary N) is 2. The number of nitriles is 2. The molecule has 0 spiro atoms. The largest absolute Gasteiger partial charge is 0.457 e. The van der Waals surface area contributed by atoms with E-state index >= 15 is 0 Å². The normalized spacial score (nSPS) is 17.1. The van der Waals surface area contributed by atoms with Crippen LogP contribution in [0.3, 0.4) is 0 Å². The Balaban J connectivity index is 1.58. The van der Waals surface area contributed by atoms with E-state index in [1.807, 2.05) is 63.4 Å². The van der Waals surface area contributed by atoms with E-state index in [-0.39, 0.29) is 12.6 Å². The molecule has 1 unspecified atom stereocenters. The van der Waals surface area contributed by atoms with Crippen molar-refractivity contribution in [2.45, 2.75) is 63.9 Å². The Kier molecular flexibility index (Phi) is 6.99. The molecule has 0 saturated heterocycles. The van der Waals surface area contributed by atoms with Crippen LogP contribution >= 0.6 is 0 Å². The molecule has 0 amide bonds. The highest BCUT2D eigenvalue weighted by molar-refractivity contribution is 5.94. The number of fused-ring (bicyclic) bond motifs is 2. The highest BCUT2D eigenvalue weighted by Crippen LogP contribution is 2.40. The van der Waals surface area contributed by atoms with E-state index in [1.165, 1.54) is 5.56 Å². The van der Waals surface area contributed by atoms with Crippen LogP contribution in [0.2, 0.25) is 0 Å². The molecular formula is C31H32N6O2. The number of anilines is 2. The molecule has 8 heteroatoms. The van der Waals surface area contributed by atoms with Gasteiger partial charge in [-0.05, 0) is 81.5 Å². The predicted octanol–water partition coefficient (Wildman–Crippen LogP) is 5.28. The molecule has 2 aliphatic rings. The van der Waals surface area contributed by atoms with E-state index in [9.17, 15) is 15.3 Å². The van der Waals surface area contributed by atoms with Gasteiger partial charge in [0.2, 0.25) is 5.66 Å². The third-order valence-electron chi connectivity index (χ3n) is 7.15. The Labute approximate surface area is 229 Å². The van der Waals surface area contributed by atoms with E-state index in [1.54, 1.807) is 12.1 Å². The van der Waals surface area contributed by atoms with Gasteiger partial charge in [-0.2, -0.15) is 10.5 Å². The zero-order valence-corrected chi connectivity index (χ0v) is 22.5. The molecule has 198 valence electrons. The van der Waals surface area contributed by atoms with Crippen molar-refractivity contribution in [1.29, 1.82) is 10.5 Å². The first-order valence-corrected chi connectivity index (χ1v) is 13.2. The number of pyridine rings is 1. The fourth-order valence-electron chi connectivity index (χ4n) is 5.43. The zero-order chi connectivity index (χ0) is 27.6. The minimum Gasteiger partial charge on any atom is -0.457 e. The molecule has 1 atom stereocenters. The summed E-state index contributed by atoms with van der Waals surface area (Å²) in [5, 5.41) is 26.1. The van der Waals surface area contributed by atoms with E-state index in [4.69, 9.17) is 9.72 Å². The number of carbonyl (C=O) groups is 1. The lowest BCUT2D eigenvalue weighted by Crippen LogP contribution is -2.59. The number of nitrogens with zero attached hydrogens (tertiary/aromatic N) is 4. The number of esters is 1. The average Bonchev–Trinajstić information content (AvgIpc) is 3.31. The van der Waals surface area contributed by atoms with Crippen LogP contribution in [0.4, 0.5) is 11.4 Å². The summed E-state index contributed by atoms with van der Waals surface area (Å²) in [6.45, 7) is 6.21. The van der Waals surface area contributed by atoms with Gasteiger partial charge in [-0.25, -0.2) is 4.79 Å². The second-order valence-electron chi connectivity index (χ2n) is 11.2. The quantitative estimate of drug-likeness (QED) is 0.422. The summed E-state index contributed by atoms with van der Waals surface area (Å²) in [6, 6.07) is 21.3. The van der Waals surface area contributed by atoms with E-state index in [0.717, 1.165) is 41.9 Å². The van der Waals surface area contributed by atoms with Gasteiger partial charge in [-0.15, -0.1) is 0 Å². The van der Waals surface area contributed by atoms with Crippen molar-refractivity contribution in [2.75, 3.05) is 17.2 Å². The van der Waals surface area contributed by atoms with Crippen LogP contribution in [0.1, 0.15) is 67.6 Å². The molecule has 2 N–H and O–H groups in total. The highest BCUT2D eigenvalue weighted by atomic mass is 16.6. The lowest BCUT2D eigenvalue weighted by Gasteiger charge is -2.41. The third-order valence-corrected chi connectivity index (χ3v) is 7.15. The fraction of sp³-hybridized carbons (Fsp3) is 0.355.